The topological polar surface area (TPSA) is 76.5 Å². The molecule has 1 aliphatic carbocycles. The molecule has 0 radical (unpaired) electrons. The van der Waals surface area contributed by atoms with Gasteiger partial charge in [-0.05, 0) is 34.7 Å². The van der Waals surface area contributed by atoms with Crippen molar-refractivity contribution in [3.05, 3.63) is 16.5 Å². The fourth-order valence-electron chi connectivity index (χ4n) is 2.67. The van der Waals surface area contributed by atoms with Crippen LogP contribution in [-0.2, 0) is 16.6 Å². The van der Waals surface area contributed by atoms with Crippen molar-refractivity contribution in [3.8, 4) is 0 Å². The van der Waals surface area contributed by atoms with Crippen LogP contribution in [0.2, 0.25) is 0 Å². The Balaban J connectivity index is 2.13. The third kappa shape index (κ3) is 3.44. The molecule has 1 fully saturated rings. The number of sulfonamides is 1. The minimum absolute atomic E-state index is 0.163. The molecule has 0 aromatic carbocycles. The van der Waals surface area contributed by atoms with Crippen molar-refractivity contribution < 1.29 is 12.8 Å². The zero-order valence-electron chi connectivity index (χ0n) is 11.6. The minimum Gasteiger partial charge on any atom is -0.452 e. The standard InChI is InChI=1S/C13H21BrN2O3S/c1-16(9-10-5-3-2-4-6-10)20(17,18)12-7-11(8-15)19-13(12)14/h7,10H,2-6,8-9,15H2,1H3. The highest BCUT2D eigenvalue weighted by atomic mass is 79.9. The van der Waals surface area contributed by atoms with Crippen LogP contribution in [0.5, 0.6) is 0 Å². The van der Waals surface area contributed by atoms with Crippen LogP contribution in [0.4, 0.5) is 0 Å². The van der Waals surface area contributed by atoms with Gasteiger partial charge in [0.2, 0.25) is 10.0 Å². The van der Waals surface area contributed by atoms with E-state index in [0.717, 1.165) is 12.8 Å². The van der Waals surface area contributed by atoms with Gasteiger partial charge in [-0.3, -0.25) is 0 Å². The fourth-order valence-corrected chi connectivity index (χ4v) is 4.88. The van der Waals surface area contributed by atoms with Crippen LogP contribution in [0, 0.1) is 5.92 Å². The van der Waals surface area contributed by atoms with Crippen molar-refractivity contribution in [1.82, 2.24) is 4.31 Å². The Morgan fingerprint density at radius 1 is 1.40 bits per heavy atom. The van der Waals surface area contributed by atoms with Gasteiger partial charge >= 0.3 is 0 Å². The molecule has 0 unspecified atom stereocenters. The van der Waals surface area contributed by atoms with Crippen LogP contribution in [0.25, 0.3) is 0 Å². The molecule has 1 saturated carbocycles. The summed E-state index contributed by atoms with van der Waals surface area (Å²) in [5, 5.41) is 0. The average Bonchev–Trinajstić information content (AvgIpc) is 2.82. The maximum absolute atomic E-state index is 12.6. The summed E-state index contributed by atoms with van der Waals surface area (Å²) in [6.45, 7) is 0.748. The summed E-state index contributed by atoms with van der Waals surface area (Å²) < 4.78 is 32.0. The summed E-state index contributed by atoms with van der Waals surface area (Å²) in [6.07, 6.45) is 5.89. The third-order valence-electron chi connectivity index (χ3n) is 3.84. The number of furan rings is 1. The fraction of sp³-hybridized carbons (Fsp3) is 0.692. The Bertz CT molecular complexity index is 550. The summed E-state index contributed by atoms with van der Waals surface area (Å²) in [4.78, 5) is 0.163. The average molecular weight is 365 g/mol. The second-order valence-electron chi connectivity index (χ2n) is 5.34. The quantitative estimate of drug-likeness (QED) is 0.871. The molecule has 7 heteroatoms. The molecule has 1 aromatic rings. The second kappa shape index (κ2) is 6.60. The van der Waals surface area contributed by atoms with Gasteiger partial charge in [0.1, 0.15) is 10.7 Å². The van der Waals surface area contributed by atoms with E-state index in [4.69, 9.17) is 10.2 Å². The zero-order valence-corrected chi connectivity index (χ0v) is 14.0. The van der Waals surface area contributed by atoms with Crippen LogP contribution in [0.3, 0.4) is 0 Å². The van der Waals surface area contributed by atoms with Crippen molar-refractivity contribution in [3.63, 3.8) is 0 Å². The molecule has 114 valence electrons. The Morgan fingerprint density at radius 3 is 2.60 bits per heavy atom. The van der Waals surface area contributed by atoms with Gasteiger partial charge in [0.05, 0.1) is 6.54 Å². The summed E-state index contributed by atoms with van der Waals surface area (Å²) in [5.74, 6) is 0.921. The molecule has 0 spiro atoms. The highest BCUT2D eigenvalue weighted by Crippen LogP contribution is 2.30. The lowest BCUT2D eigenvalue weighted by Crippen LogP contribution is -2.32. The number of hydrogen-bond donors (Lipinski definition) is 1. The number of nitrogens with two attached hydrogens (primary N) is 1. The lowest BCUT2D eigenvalue weighted by molar-refractivity contribution is 0.300. The zero-order chi connectivity index (χ0) is 14.8. The molecule has 2 rings (SSSR count). The molecular weight excluding hydrogens is 344 g/mol. The van der Waals surface area contributed by atoms with E-state index in [1.165, 1.54) is 29.6 Å². The highest BCUT2D eigenvalue weighted by Gasteiger charge is 2.29. The van der Waals surface area contributed by atoms with Gasteiger partial charge in [-0.1, -0.05) is 19.3 Å². The molecule has 1 aliphatic rings. The van der Waals surface area contributed by atoms with E-state index in [9.17, 15) is 8.42 Å². The van der Waals surface area contributed by atoms with Crippen LogP contribution >= 0.6 is 15.9 Å². The highest BCUT2D eigenvalue weighted by molar-refractivity contribution is 9.10. The number of hydrogen-bond acceptors (Lipinski definition) is 4. The maximum Gasteiger partial charge on any atom is 0.247 e. The molecule has 0 saturated heterocycles. The molecule has 0 atom stereocenters. The normalized spacial score (nSPS) is 17.8. The molecule has 5 nitrogen and oxygen atoms in total. The van der Waals surface area contributed by atoms with Crippen molar-refractivity contribution >= 4 is 26.0 Å². The lowest BCUT2D eigenvalue weighted by Gasteiger charge is -2.26. The van der Waals surface area contributed by atoms with Gasteiger partial charge in [0, 0.05) is 19.7 Å². The molecule has 0 bridgehead atoms. The Hall–Kier alpha value is -0.370. The van der Waals surface area contributed by atoms with Crippen LogP contribution < -0.4 is 5.73 Å². The molecular formula is C13H21BrN2O3S. The van der Waals surface area contributed by atoms with Gasteiger partial charge in [0.15, 0.2) is 4.67 Å². The number of nitrogens with zero attached hydrogens (tertiary/aromatic N) is 1. The maximum atomic E-state index is 12.6. The largest absolute Gasteiger partial charge is 0.452 e. The summed E-state index contributed by atoms with van der Waals surface area (Å²) in [6, 6.07) is 1.50. The summed E-state index contributed by atoms with van der Waals surface area (Å²) in [5.41, 5.74) is 5.48. The van der Waals surface area contributed by atoms with Gasteiger partial charge in [-0.2, -0.15) is 0 Å². The number of rotatable bonds is 5. The SMILES string of the molecule is CN(CC1CCCCC1)S(=O)(=O)c1cc(CN)oc1Br. The van der Waals surface area contributed by atoms with Gasteiger partial charge in [0.25, 0.3) is 0 Å². The predicted molar refractivity (Wildman–Crippen MR) is 80.7 cm³/mol. The monoisotopic (exact) mass is 364 g/mol. The van der Waals surface area contributed by atoms with Crippen LogP contribution in [0.15, 0.2) is 20.0 Å². The minimum atomic E-state index is -3.52. The summed E-state index contributed by atoms with van der Waals surface area (Å²) >= 11 is 3.16. The molecule has 0 aliphatic heterocycles. The first-order valence-electron chi connectivity index (χ1n) is 6.89. The van der Waals surface area contributed by atoms with Gasteiger partial charge in [-0.15, -0.1) is 0 Å². The molecule has 20 heavy (non-hydrogen) atoms. The van der Waals surface area contributed by atoms with Gasteiger partial charge in [-0.25, -0.2) is 12.7 Å². The van der Waals surface area contributed by atoms with Crippen molar-refractivity contribution in [1.29, 1.82) is 0 Å². The molecule has 2 N–H and O–H groups in total. The molecule has 0 amide bonds. The smallest absolute Gasteiger partial charge is 0.247 e. The van der Waals surface area contributed by atoms with E-state index < -0.39 is 10.0 Å². The number of halogens is 1. The first-order chi connectivity index (χ1) is 9.45. The summed E-state index contributed by atoms with van der Waals surface area (Å²) in [7, 11) is -1.89. The Kier molecular flexibility index (Phi) is 5.28. The Labute approximate surface area is 128 Å². The first kappa shape index (κ1) is 16.0. The third-order valence-corrected chi connectivity index (χ3v) is 6.52. The van der Waals surface area contributed by atoms with E-state index in [1.807, 2.05) is 0 Å². The molecule has 1 heterocycles. The van der Waals surface area contributed by atoms with E-state index in [2.05, 4.69) is 15.9 Å². The van der Waals surface area contributed by atoms with Crippen LogP contribution in [0.1, 0.15) is 37.9 Å². The molecule has 1 aromatic heterocycles. The van der Waals surface area contributed by atoms with Crippen molar-refractivity contribution in [2.45, 2.75) is 43.5 Å². The van der Waals surface area contributed by atoms with Crippen LogP contribution in [-0.4, -0.2) is 26.3 Å². The van der Waals surface area contributed by atoms with Crippen molar-refractivity contribution in [2.75, 3.05) is 13.6 Å². The van der Waals surface area contributed by atoms with E-state index in [0.29, 0.717) is 18.2 Å². The first-order valence-corrected chi connectivity index (χ1v) is 9.13. The lowest BCUT2D eigenvalue weighted by atomic mass is 9.89. The van der Waals surface area contributed by atoms with Crippen molar-refractivity contribution in [2.24, 2.45) is 11.7 Å². The predicted octanol–water partition coefficient (Wildman–Crippen LogP) is 2.70. The van der Waals surface area contributed by atoms with Gasteiger partial charge < -0.3 is 10.2 Å². The van der Waals surface area contributed by atoms with E-state index >= 15 is 0 Å². The van der Waals surface area contributed by atoms with E-state index in [-0.39, 0.29) is 16.1 Å². The second-order valence-corrected chi connectivity index (χ2v) is 8.08. The Morgan fingerprint density at radius 2 is 2.05 bits per heavy atom. The van der Waals surface area contributed by atoms with E-state index in [1.54, 1.807) is 7.05 Å².